The van der Waals surface area contributed by atoms with Crippen LogP contribution in [0.4, 0.5) is 0 Å². The summed E-state index contributed by atoms with van der Waals surface area (Å²) < 4.78 is 10.7. The minimum atomic E-state index is -0.914. The van der Waals surface area contributed by atoms with Gasteiger partial charge in [-0.15, -0.1) is 0 Å². The van der Waals surface area contributed by atoms with Crippen molar-refractivity contribution in [3.8, 4) is 0 Å². The molecule has 6 atom stereocenters. The molecule has 4 rings (SSSR count). The average molecular weight is 349 g/mol. The van der Waals surface area contributed by atoms with E-state index >= 15 is 0 Å². The molecule has 1 aromatic carbocycles. The largest absolute Gasteiger partial charge is 0.462 e. The zero-order chi connectivity index (χ0) is 17.0. The Morgan fingerprint density at radius 3 is 2.88 bits per heavy atom. The Bertz CT molecular complexity index is 728. The molecule has 0 aromatic heterocycles. The maximum atomic E-state index is 12.6. The first kappa shape index (κ1) is 15.6. The third-order valence-corrected chi connectivity index (χ3v) is 5.76. The molecule has 2 aliphatic carbocycles. The van der Waals surface area contributed by atoms with E-state index in [1.165, 1.54) is 0 Å². The van der Waals surface area contributed by atoms with Crippen molar-refractivity contribution in [2.24, 2.45) is 23.7 Å². The lowest BCUT2D eigenvalue weighted by Gasteiger charge is -2.24. The first-order valence-corrected chi connectivity index (χ1v) is 8.54. The highest BCUT2D eigenvalue weighted by Crippen LogP contribution is 2.58. The van der Waals surface area contributed by atoms with Crippen LogP contribution < -0.4 is 0 Å². The minimum absolute atomic E-state index is 0.0259. The van der Waals surface area contributed by atoms with Crippen molar-refractivity contribution in [2.45, 2.75) is 32.0 Å². The molecule has 3 aliphatic rings. The summed E-state index contributed by atoms with van der Waals surface area (Å²) in [5, 5.41) is 0.451. The van der Waals surface area contributed by atoms with E-state index in [-0.39, 0.29) is 29.7 Å². The molecule has 2 bridgehead atoms. The van der Waals surface area contributed by atoms with Crippen molar-refractivity contribution in [2.75, 3.05) is 0 Å². The van der Waals surface area contributed by atoms with Crippen molar-refractivity contribution in [1.29, 1.82) is 0 Å². The molecule has 0 unspecified atom stereocenters. The van der Waals surface area contributed by atoms with Gasteiger partial charge in [0.05, 0.1) is 11.8 Å². The van der Waals surface area contributed by atoms with Gasteiger partial charge >= 0.3 is 11.9 Å². The number of halogens is 1. The molecule has 5 nitrogen and oxygen atoms in total. The number of esters is 2. The summed E-state index contributed by atoms with van der Waals surface area (Å²) in [5.41, 5.74) is 0.399. The van der Waals surface area contributed by atoms with Gasteiger partial charge in [-0.05, 0) is 37.8 Å². The lowest BCUT2D eigenvalue weighted by atomic mass is 9.80. The topological polar surface area (TPSA) is 69.7 Å². The van der Waals surface area contributed by atoms with Crippen LogP contribution in [-0.4, -0.2) is 29.9 Å². The normalized spacial score (nSPS) is 34.1. The monoisotopic (exact) mass is 348 g/mol. The van der Waals surface area contributed by atoms with Crippen molar-refractivity contribution >= 4 is 29.3 Å². The van der Waals surface area contributed by atoms with Crippen LogP contribution in [-0.2, 0) is 19.1 Å². The third kappa shape index (κ3) is 2.34. The Kier molecular flexibility index (Phi) is 3.64. The molecule has 1 aliphatic heterocycles. The number of carbonyl (C=O) groups is 3. The van der Waals surface area contributed by atoms with Gasteiger partial charge < -0.3 is 9.47 Å². The summed E-state index contributed by atoms with van der Waals surface area (Å²) >= 11 is 5.89. The summed E-state index contributed by atoms with van der Waals surface area (Å²) in [7, 11) is 0. The number of fused-ring (bicyclic) bond motifs is 1. The summed E-state index contributed by atoms with van der Waals surface area (Å²) in [6.45, 7) is 1.55. The van der Waals surface area contributed by atoms with E-state index in [9.17, 15) is 14.4 Å². The van der Waals surface area contributed by atoms with Crippen LogP contribution in [0.2, 0.25) is 5.02 Å². The Morgan fingerprint density at radius 2 is 2.12 bits per heavy atom. The van der Waals surface area contributed by atoms with Crippen LogP contribution in [0.25, 0.3) is 0 Å². The standard InChI is InChI=1S/C18H17ClO5/c1-8(16(20)9-3-2-4-11(19)5-9)23-17(21)14-10-6-12-13(7-10)24-18(22)15(12)14/h2-5,8,10,12-15H,6-7H2,1H3/t8-,10+,12+,13+,14-,15-/m0/s1. The van der Waals surface area contributed by atoms with Gasteiger partial charge in [0.1, 0.15) is 6.10 Å². The van der Waals surface area contributed by atoms with Gasteiger partial charge in [0.25, 0.3) is 0 Å². The molecule has 0 spiro atoms. The molecule has 6 heteroatoms. The van der Waals surface area contributed by atoms with E-state index in [0.717, 1.165) is 12.8 Å². The molecule has 0 radical (unpaired) electrons. The maximum Gasteiger partial charge on any atom is 0.310 e. The van der Waals surface area contributed by atoms with Gasteiger partial charge in [-0.3, -0.25) is 14.4 Å². The quantitative estimate of drug-likeness (QED) is 0.618. The molecule has 126 valence electrons. The minimum Gasteiger partial charge on any atom is -0.462 e. The van der Waals surface area contributed by atoms with Crippen LogP contribution in [0.3, 0.4) is 0 Å². The second-order valence-electron chi connectivity index (χ2n) is 6.88. The molecular formula is C18H17ClO5. The summed E-state index contributed by atoms with van der Waals surface area (Å²) in [6, 6.07) is 6.53. The fraction of sp³-hybridized carbons (Fsp3) is 0.500. The van der Waals surface area contributed by atoms with Gasteiger partial charge in [-0.2, -0.15) is 0 Å². The highest BCUT2D eigenvalue weighted by Gasteiger charge is 2.64. The third-order valence-electron chi connectivity index (χ3n) is 5.53. The van der Waals surface area contributed by atoms with Crippen LogP contribution in [0.5, 0.6) is 0 Å². The maximum absolute atomic E-state index is 12.6. The van der Waals surface area contributed by atoms with E-state index in [1.807, 2.05) is 0 Å². The van der Waals surface area contributed by atoms with Gasteiger partial charge in [0, 0.05) is 16.5 Å². The summed E-state index contributed by atoms with van der Waals surface area (Å²) in [6.07, 6.45) is 0.617. The van der Waals surface area contributed by atoms with Crippen LogP contribution in [0.15, 0.2) is 24.3 Å². The smallest absolute Gasteiger partial charge is 0.310 e. The van der Waals surface area contributed by atoms with Gasteiger partial charge in [0.15, 0.2) is 6.10 Å². The van der Waals surface area contributed by atoms with Crippen molar-refractivity contribution < 1.29 is 23.9 Å². The van der Waals surface area contributed by atoms with Gasteiger partial charge in [0.2, 0.25) is 5.78 Å². The molecule has 2 saturated carbocycles. The Hall–Kier alpha value is -1.88. The van der Waals surface area contributed by atoms with Crippen molar-refractivity contribution in [3.05, 3.63) is 34.9 Å². The number of ketones is 1. The first-order valence-electron chi connectivity index (χ1n) is 8.16. The van der Waals surface area contributed by atoms with Crippen LogP contribution in [0.1, 0.15) is 30.1 Å². The zero-order valence-electron chi connectivity index (χ0n) is 13.1. The molecule has 1 heterocycles. The highest BCUT2D eigenvalue weighted by molar-refractivity contribution is 6.31. The summed E-state index contributed by atoms with van der Waals surface area (Å²) in [4.78, 5) is 37.0. The van der Waals surface area contributed by atoms with Crippen molar-refractivity contribution in [1.82, 2.24) is 0 Å². The fourth-order valence-electron chi connectivity index (χ4n) is 4.51. The number of Topliss-reactive ketones (excluding diaryl/α,β-unsaturated/α-hetero) is 1. The number of hydrogen-bond acceptors (Lipinski definition) is 5. The number of carbonyl (C=O) groups excluding carboxylic acids is 3. The second-order valence-corrected chi connectivity index (χ2v) is 7.31. The van der Waals surface area contributed by atoms with E-state index in [0.29, 0.717) is 10.6 Å². The van der Waals surface area contributed by atoms with Gasteiger partial charge in [-0.25, -0.2) is 0 Å². The first-order chi connectivity index (χ1) is 11.5. The molecule has 0 amide bonds. The SMILES string of the molecule is C[C@H](OC(=O)[C@H]1[C@@H]2C[C@H]3[C@@H]1C(=O)O[C@@H]3C2)C(=O)c1cccc(Cl)c1. The van der Waals surface area contributed by atoms with Crippen LogP contribution in [0, 0.1) is 23.7 Å². The lowest BCUT2D eigenvalue weighted by molar-refractivity contribution is -0.157. The molecule has 3 fully saturated rings. The van der Waals surface area contributed by atoms with E-state index in [1.54, 1.807) is 31.2 Å². The molecule has 24 heavy (non-hydrogen) atoms. The molecule has 1 saturated heterocycles. The number of ether oxygens (including phenoxy) is 2. The van der Waals surface area contributed by atoms with E-state index in [2.05, 4.69) is 0 Å². The predicted octanol–water partition coefficient (Wildman–Crippen LogP) is 2.65. The number of benzene rings is 1. The fourth-order valence-corrected chi connectivity index (χ4v) is 4.70. The Labute approximate surface area is 144 Å². The highest BCUT2D eigenvalue weighted by atomic mass is 35.5. The van der Waals surface area contributed by atoms with E-state index < -0.39 is 23.9 Å². The molecular weight excluding hydrogens is 332 g/mol. The molecule has 0 N–H and O–H groups in total. The second kappa shape index (κ2) is 5.59. The van der Waals surface area contributed by atoms with Crippen LogP contribution >= 0.6 is 11.6 Å². The number of rotatable bonds is 4. The number of hydrogen-bond donors (Lipinski definition) is 0. The summed E-state index contributed by atoms with van der Waals surface area (Å²) in [5.74, 6) is -1.67. The zero-order valence-corrected chi connectivity index (χ0v) is 13.9. The Morgan fingerprint density at radius 1 is 1.33 bits per heavy atom. The molecule has 1 aromatic rings. The van der Waals surface area contributed by atoms with Gasteiger partial charge in [-0.1, -0.05) is 23.7 Å². The average Bonchev–Trinajstić information content (AvgIpc) is 3.15. The lowest BCUT2D eigenvalue weighted by Crippen LogP contribution is -2.36. The Balaban J connectivity index is 1.46. The predicted molar refractivity (Wildman–Crippen MR) is 84.4 cm³/mol. The van der Waals surface area contributed by atoms with E-state index in [4.69, 9.17) is 21.1 Å². The van der Waals surface area contributed by atoms with Crippen molar-refractivity contribution in [3.63, 3.8) is 0 Å².